The van der Waals surface area contributed by atoms with E-state index in [4.69, 9.17) is 29.2 Å². The van der Waals surface area contributed by atoms with Gasteiger partial charge in [-0.2, -0.15) is 0 Å². The van der Waals surface area contributed by atoms with E-state index < -0.39 is 51.6 Å². The Morgan fingerprint density at radius 2 is 1.50 bits per heavy atom. The standard InChI is InChI=1S/C40H34F2N6O6S2/c1-54-30-14-5-22(16-24(30)20-45-17-21-15-23(19-45)29-3-2-4-31(49)46(29)18-21)32(33-35(50)43-39(55)47(37(33)52)27-10-6-25(41)7-11-27)34-36(51)44-40(56)48(38(34)53)28-12-8-26(42)9-13-28/h2-14,16,21,23,32,52-53H,15,17-20H2,1H3,(H,43,50,55)(H,44,51,56)/t21-,23+/m1/s1. The molecule has 2 aliphatic heterocycles. The summed E-state index contributed by atoms with van der Waals surface area (Å²) in [6.45, 7) is 2.58. The van der Waals surface area contributed by atoms with Crippen molar-refractivity contribution in [3.63, 3.8) is 0 Å². The molecule has 6 aromatic rings. The number of aromatic hydroxyl groups is 1. The quantitative estimate of drug-likeness (QED) is 0.170. The number of methoxy groups -OCH3 is 1. The summed E-state index contributed by atoms with van der Waals surface area (Å²) in [5.74, 6) is -3.32. The lowest BCUT2D eigenvalue weighted by atomic mass is 9.82. The highest BCUT2D eigenvalue weighted by atomic mass is 32.1. The Morgan fingerprint density at radius 1 is 0.875 bits per heavy atom. The largest absolute Gasteiger partial charge is 0.859 e. The molecule has 16 heteroatoms. The predicted octanol–water partition coefficient (Wildman–Crippen LogP) is 3.71. The molecule has 4 N–H and O–H groups in total. The lowest BCUT2D eigenvalue weighted by Crippen LogP contribution is -3.13. The van der Waals surface area contributed by atoms with Gasteiger partial charge < -0.3 is 29.0 Å². The van der Waals surface area contributed by atoms with E-state index in [9.17, 15) is 33.4 Å². The van der Waals surface area contributed by atoms with Crippen molar-refractivity contribution in [2.45, 2.75) is 31.3 Å². The van der Waals surface area contributed by atoms with Gasteiger partial charge in [0.2, 0.25) is 5.88 Å². The van der Waals surface area contributed by atoms with Crippen molar-refractivity contribution >= 4 is 24.4 Å². The molecule has 0 aliphatic carbocycles. The number of H-pyrrole nitrogens is 2. The molecule has 2 unspecified atom stereocenters. The summed E-state index contributed by atoms with van der Waals surface area (Å²) in [5.41, 5.74) is -0.347. The lowest BCUT2D eigenvalue weighted by Gasteiger charge is -2.40. The fourth-order valence-electron chi connectivity index (χ4n) is 8.37. The third-order valence-electron chi connectivity index (χ3n) is 10.7. The molecule has 4 atom stereocenters. The van der Waals surface area contributed by atoms with E-state index in [1.807, 2.05) is 10.6 Å². The predicted molar refractivity (Wildman–Crippen MR) is 205 cm³/mol. The van der Waals surface area contributed by atoms with E-state index >= 15 is 0 Å². The lowest BCUT2D eigenvalue weighted by molar-refractivity contribution is -0.924. The van der Waals surface area contributed by atoms with Crippen LogP contribution in [0.3, 0.4) is 0 Å². The van der Waals surface area contributed by atoms with Crippen molar-refractivity contribution in [2.75, 3.05) is 20.2 Å². The number of fused-ring (bicyclic) bond motifs is 4. The van der Waals surface area contributed by atoms with Crippen molar-refractivity contribution in [1.29, 1.82) is 0 Å². The van der Waals surface area contributed by atoms with Crippen LogP contribution >= 0.6 is 24.4 Å². The van der Waals surface area contributed by atoms with Gasteiger partial charge >= 0.3 is 0 Å². The summed E-state index contributed by atoms with van der Waals surface area (Å²) in [6.07, 6.45) is 0.961. The monoisotopic (exact) mass is 796 g/mol. The van der Waals surface area contributed by atoms with Crippen LogP contribution in [0, 0.1) is 27.1 Å². The summed E-state index contributed by atoms with van der Waals surface area (Å²) >= 11 is 10.8. The first-order valence-corrected chi connectivity index (χ1v) is 18.6. The van der Waals surface area contributed by atoms with Crippen LogP contribution < -0.4 is 31.4 Å². The minimum atomic E-state index is -1.53. The topological polar surface area (TPSA) is 155 Å². The maximum Gasteiger partial charge on any atom is 0.259 e. The van der Waals surface area contributed by atoms with Gasteiger partial charge in [-0.1, -0.05) is 12.1 Å². The molecule has 8 rings (SSSR count). The first-order valence-electron chi connectivity index (χ1n) is 17.8. The second-order valence-corrected chi connectivity index (χ2v) is 14.9. The van der Waals surface area contributed by atoms with Gasteiger partial charge in [0.15, 0.2) is 9.54 Å². The number of rotatable bonds is 8. The molecule has 1 saturated heterocycles. The molecule has 12 nitrogen and oxygen atoms in total. The van der Waals surface area contributed by atoms with Crippen LogP contribution in [0.15, 0.2) is 99.3 Å². The van der Waals surface area contributed by atoms with Crippen LogP contribution in [-0.2, 0) is 13.1 Å². The molecule has 0 amide bonds. The van der Waals surface area contributed by atoms with Crippen LogP contribution in [0.25, 0.3) is 11.4 Å². The van der Waals surface area contributed by atoms with Gasteiger partial charge in [-0.3, -0.25) is 28.9 Å². The molecule has 5 heterocycles. The third kappa shape index (κ3) is 6.58. The van der Waals surface area contributed by atoms with Crippen LogP contribution in [0.4, 0.5) is 8.78 Å². The van der Waals surface area contributed by atoms with E-state index in [0.717, 1.165) is 58.6 Å². The highest BCUT2D eigenvalue weighted by molar-refractivity contribution is 7.71. The Hall–Kier alpha value is -5.97. The Balaban J connectivity index is 1.32. The SMILES string of the molecule is COc1ccc(C(c2c([O-])n(-c3ccc(F)cc3)c(=S)[nH]c2=O)c2c(O)n(-c3ccc(F)cc3)c(=S)[nH]c2=O)cc1C[NH+]1C[C@H]2C[C@@H](C1)c1cccc(=O)n1C2. The van der Waals surface area contributed by atoms with Crippen molar-refractivity contribution in [3.8, 4) is 28.9 Å². The van der Waals surface area contributed by atoms with E-state index in [1.165, 1.54) is 36.3 Å². The van der Waals surface area contributed by atoms with Gasteiger partial charge in [-0.25, -0.2) is 8.78 Å². The number of nitrogens with one attached hydrogen (secondary N) is 3. The van der Waals surface area contributed by atoms with Gasteiger partial charge in [0, 0.05) is 47.0 Å². The second kappa shape index (κ2) is 14.6. The Labute approximate surface area is 327 Å². The maximum atomic E-state index is 14.6. The molecule has 56 heavy (non-hydrogen) atoms. The molecule has 0 spiro atoms. The fraction of sp³-hybridized carbons (Fsp3) is 0.225. The molecule has 286 valence electrons. The number of aromatic amines is 2. The number of pyridine rings is 1. The van der Waals surface area contributed by atoms with E-state index in [1.54, 1.807) is 30.3 Å². The average Bonchev–Trinajstić information content (AvgIpc) is 3.16. The number of hydrogen-bond acceptors (Lipinski definition) is 8. The first kappa shape index (κ1) is 37.0. The van der Waals surface area contributed by atoms with Crippen molar-refractivity contribution in [3.05, 3.63) is 165 Å². The third-order valence-corrected chi connectivity index (χ3v) is 11.3. The summed E-state index contributed by atoms with van der Waals surface area (Å²) in [7, 11) is 1.53. The van der Waals surface area contributed by atoms with Crippen molar-refractivity contribution in [2.24, 2.45) is 5.92 Å². The number of likely N-dealkylation sites (tertiary alicyclic amines) is 1. The Morgan fingerprint density at radius 3 is 2.16 bits per heavy atom. The van der Waals surface area contributed by atoms with Crippen LogP contribution in [0.1, 0.15) is 46.2 Å². The molecule has 2 bridgehead atoms. The molecule has 0 saturated carbocycles. The van der Waals surface area contributed by atoms with Gasteiger partial charge in [-0.15, -0.1) is 0 Å². The number of hydrogen-bond donors (Lipinski definition) is 4. The van der Waals surface area contributed by atoms with Gasteiger partial charge in [-0.05, 0) is 109 Å². The van der Waals surface area contributed by atoms with E-state index in [2.05, 4.69) is 9.97 Å². The molecule has 0 radical (unpaired) electrons. The highest BCUT2D eigenvalue weighted by Gasteiger charge is 2.38. The van der Waals surface area contributed by atoms with Crippen LogP contribution in [0.2, 0.25) is 0 Å². The zero-order valence-corrected chi connectivity index (χ0v) is 31.4. The number of quaternary nitrogens is 1. The highest BCUT2D eigenvalue weighted by Crippen LogP contribution is 2.39. The first-order chi connectivity index (χ1) is 26.9. The summed E-state index contributed by atoms with van der Waals surface area (Å²) in [5, 5.41) is 26.6. The molecular formula is C40H34F2N6O6S2. The van der Waals surface area contributed by atoms with Gasteiger partial charge in [0.1, 0.15) is 23.9 Å². The van der Waals surface area contributed by atoms with E-state index in [-0.39, 0.29) is 43.9 Å². The molecule has 1 fully saturated rings. The summed E-state index contributed by atoms with van der Waals surface area (Å²) in [6, 6.07) is 20.3. The minimum Gasteiger partial charge on any atom is -0.859 e. The average molecular weight is 797 g/mol. The summed E-state index contributed by atoms with van der Waals surface area (Å²) in [4.78, 5) is 47.0. The number of halogens is 2. The van der Waals surface area contributed by atoms with Crippen LogP contribution in [-0.4, -0.2) is 49.0 Å². The normalized spacial score (nSPS) is 17.9. The Bertz CT molecular complexity index is 2690. The Kier molecular flexibility index (Phi) is 9.64. The molecule has 3 aromatic heterocycles. The number of piperidine rings is 1. The zero-order valence-electron chi connectivity index (χ0n) is 29.8. The van der Waals surface area contributed by atoms with Gasteiger partial charge in [0.25, 0.3) is 16.7 Å². The fourth-order valence-corrected chi connectivity index (χ4v) is 8.93. The number of benzene rings is 3. The summed E-state index contributed by atoms with van der Waals surface area (Å²) < 4.78 is 37.2. The van der Waals surface area contributed by atoms with E-state index in [0.29, 0.717) is 24.4 Å². The van der Waals surface area contributed by atoms with Crippen molar-refractivity contribution < 1.29 is 28.6 Å². The van der Waals surface area contributed by atoms with Crippen LogP contribution in [0.5, 0.6) is 17.5 Å². The van der Waals surface area contributed by atoms with Crippen molar-refractivity contribution in [1.82, 2.24) is 23.7 Å². The maximum absolute atomic E-state index is 14.6. The number of ether oxygens (including phenoxy) is 1. The molecule has 2 aliphatic rings. The smallest absolute Gasteiger partial charge is 0.259 e. The zero-order chi connectivity index (χ0) is 39.4. The van der Waals surface area contributed by atoms with Gasteiger partial charge in [0.05, 0.1) is 37.4 Å². The number of aromatic nitrogens is 5. The molecular weight excluding hydrogens is 763 g/mol. The second-order valence-electron chi connectivity index (χ2n) is 14.1. The number of nitrogens with zero attached hydrogens (tertiary/aromatic N) is 3. The minimum absolute atomic E-state index is 0.0123. The molecule has 3 aromatic carbocycles.